The van der Waals surface area contributed by atoms with Gasteiger partial charge in [-0.3, -0.25) is 0 Å². The van der Waals surface area contributed by atoms with E-state index in [0.29, 0.717) is 18.0 Å². The number of aliphatic hydroxyl groups is 1. The number of imidazole rings is 2. The smallest absolute Gasteiger partial charge is 0.262 e. The summed E-state index contributed by atoms with van der Waals surface area (Å²) in [7, 11) is 2.62. The van der Waals surface area contributed by atoms with E-state index < -0.39 is 20.0 Å². The van der Waals surface area contributed by atoms with Crippen molar-refractivity contribution in [2.24, 2.45) is 0 Å². The highest BCUT2D eigenvalue weighted by atomic mass is 32.2. The number of methoxy groups -OCH3 is 4. The molecule has 0 unspecified atom stereocenters. The fourth-order valence-electron chi connectivity index (χ4n) is 6.08. The third kappa shape index (κ3) is 13.1. The second-order valence-corrected chi connectivity index (χ2v) is 18.1. The van der Waals surface area contributed by atoms with Crippen LogP contribution in [0, 0.1) is 0 Å². The largest absolute Gasteiger partial charge is 0.497 e. The monoisotopic (exact) mass is 889 g/mol. The van der Waals surface area contributed by atoms with E-state index in [0.717, 1.165) is 40.3 Å². The van der Waals surface area contributed by atoms with Gasteiger partial charge >= 0.3 is 0 Å². The van der Waals surface area contributed by atoms with Crippen molar-refractivity contribution in [3.05, 3.63) is 144 Å². The van der Waals surface area contributed by atoms with Gasteiger partial charge in [-0.05, 0) is 84.9 Å². The fraction of sp³-hybridized carbons (Fsp3) is 0.318. The predicted molar refractivity (Wildman–Crippen MR) is 235 cm³/mol. The quantitative estimate of drug-likeness (QED) is 0.101. The summed E-state index contributed by atoms with van der Waals surface area (Å²) in [4.78, 5) is 10.3. The lowest BCUT2D eigenvalue weighted by Gasteiger charge is -2.21. The Morgan fingerprint density at radius 3 is 1.05 bits per heavy atom. The van der Waals surface area contributed by atoms with Gasteiger partial charge in [-0.25, -0.2) is 26.8 Å². The Bertz CT molecular complexity index is 2390. The van der Waals surface area contributed by atoms with Crippen LogP contribution in [0.25, 0.3) is 0 Å². The number of hydrogen-bond acceptors (Lipinski definition) is 12. The molecule has 1 N–H and O–H groups in total. The van der Waals surface area contributed by atoms with Crippen molar-refractivity contribution in [1.82, 2.24) is 32.6 Å². The maximum absolute atomic E-state index is 13.5. The maximum atomic E-state index is 13.5. The summed E-state index contributed by atoms with van der Waals surface area (Å²) in [6, 6.07) is 29.3. The molecule has 332 valence electrons. The van der Waals surface area contributed by atoms with Crippen LogP contribution in [0.2, 0.25) is 0 Å². The Morgan fingerprint density at radius 2 is 0.790 bits per heavy atom. The van der Waals surface area contributed by atoms with Gasteiger partial charge < -0.3 is 38.1 Å². The van der Waals surface area contributed by atoms with Crippen LogP contribution in [0.5, 0.6) is 23.0 Å². The number of rotatable bonds is 21. The fourth-order valence-corrected chi connectivity index (χ4v) is 8.78. The number of sulfonamides is 2. The Labute approximate surface area is 364 Å². The molecule has 0 amide bonds. The number of likely N-dealkylation sites (N-methyl/N-ethyl adjacent to an activating group) is 1. The molecule has 0 saturated heterocycles. The van der Waals surface area contributed by atoms with Crippen molar-refractivity contribution >= 4 is 20.0 Å². The van der Waals surface area contributed by atoms with E-state index in [4.69, 9.17) is 24.1 Å². The molecule has 18 heteroatoms. The molecule has 0 aliphatic heterocycles. The van der Waals surface area contributed by atoms with Gasteiger partial charge in [0.05, 0.1) is 47.7 Å². The van der Waals surface area contributed by atoms with E-state index in [1.54, 1.807) is 74.4 Å². The van der Waals surface area contributed by atoms with Gasteiger partial charge in [0.1, 0.15) is 23.0 Å². The zero-order valence-corrected chi connectivity index (χ0v) is 37.5. The van der Waals surface area contributed by atoms with Crippen LogP contribution in [0.3, 0.4) is 0 Å². The van der Waals surface area contributed by atoms with Gasteiger partial charge in [-0.15, -0.1) is 0 Å². The molecule has 2 heterocycles. The average Bonchev–Trinajstić information content (AvgIpc) is 3.98. The molecule has 0 bridgehead atoms. The van der Waals surface area contributed by atoms with Crippen LogP contribution in [0.15, 0.2) is 132 Å². The van der Waals surface area contributed by atoms with E-state index in [9.17, 15) is 16.8 Å². The highest BCUT2D eigenvalue weighted by Crippen LogP contribution is 2.25. The Balaban J connectivity index is 0.000000235. The zero-order valence-electron chi connectivity index (χ0n) is 35.9. The molecular weight excluding hydrogens is 835 g/mol. The molecule has 16 nitrogen and oxygen atoms in total. The predicted octanol–water partition coefficient (Wildman–Crippen LogP) is 5.14. The Kier molecular flexibility index (Phi) is 17.1. The van der Waals surface area contributed by atoms with E-state index in [1.807, 2.05) is 91.8 Å². The molecule has 0 aliphatic rings. The zero-order chi connectivity index (χ0) is 44.7. The summed E-state index contributed by atoms with van der Waals surface area (Å²) in [5, 5.41) is 9.07. The number of hydrogen-bond donors (Lipinski definition) is 1. The maximum Gasteiger partial charge on any atom is 0.262 e. The summed E-state index contributed by atoms with van der Waals surface area (Å²) < 4.78 is 80.7. The third-order valence-corrected chi connectivity index (χ3v) is 13.0. The number of aliphatic hydroxyl groups excluding tert-OH is 1. The molecule has 4 aromatic carbocycles. The molecule has 0 atom stereocenters. The first-order valence-corrected chi connectivity index (χ1v) is 22.5. The molecule has 0 fully saturated rings. The van der Waals surface area contributed by atoms with E-state index in [-0.39, 0.29) is 49.4 Å². The first-order chi connectivity index (χ1) is 29.8. The lowest BCUT2D eigenvalue weighted by atomic mass is 10.2. The van der Waals surface area contributed by atoms with Crippen molar-refractivity contribution in [1.29, 1.82) is 0 Å². The molecule has 6 aromatic rings. The minimum atomic E-state index is -3.87. The van der Waals surface area contributed by atoms with Gasteiger partial charge in [0.25, 0.3) is 20.0 Å². The standard InChI is InChI=1S/C23H30N4O4S.C21H25N3O5S/c1-25(2)13-14-26-17-23(24-18-26)32(28,29)27(15-19-5-9-21(30-3)10-6-19)16-20-7-11-22(31-4)12-8-20;1-28-19-7-3-17(4-8-19)13-24(14-18-5-9-20(29-2)10-6-18)30(26,27)21-15-23(11-12-25)16-22-21/h5-12,17-18H,13-16H2,1-4H3;3-10,15-16,25H,11-14H2,1-2H3. The number of nitrogens with zero attached hydrogens (tertiary/aromatic N) is 7. The summed E-state index contributed by atoms with van der Waals surface area (Å²) in [5.74, 6) is 2.84. The summed E-state index contributed by atoms with van der Waals surface area (Å²) >= 11 is 0. The van der Waals surface area contributed by atoms with Crippen LogP contribution >= 0.6 is 0 Å². The highest BCUT2D eigenvalue weighted by Gasteiger charge is 2.29. The normalized spacial score (nSPS) is 11.7. The molecule has 0 saturated carbocycles. The van der Waals surface area contributed by atoms with Gasteiger partial charge in [-0.2, -0.15) is 8.61 Å². The van der Waals surface area contributed by atoms with Crippen LogP contribution in [0.1, 0.15) is 22.3 Å². The SMILES string of the molecule is COc1ccc(CN(Cc2ccc(OC)cc2)S(=O)(=O)c2cn(CCN(C)C)cn2)cc1.COc1ccc(CN(Cc2ccc(OC)cc2)S(=O)(=O)c2cn(CCO)cn2)cc1. The average molecular weight is 890 g/mol. The van der Waals surface area contributed by atoms with E-state index in [1.165, 1.54) is 21.1 Å². The summed E-state index contributed by atoms with van der Waals surface area (Å²) in [6.45, 7) is 2.39. The minimum Gasteiger partial charge on any atom is -0.497 e. The van der Waals surface area contributed by atoms with Crippen molar-refractivity contribution in [2.75, 3.05) is 55.7 Å². The van der Waals surface area contributed by atoms with Gasteiger partial charge in [0.15, 0.2) is 10.1 Å². The first-order valence-electron chi connectivity index (χ1n) is 19.6. The van der Waals surface area contributed by atoms with E-state index >= 15 is 0 Å². The Hall–Kier alpha value is -5.76. The first kappa shape index (κ1) is 47.3. The molecular formula is C44H55N7O9S2. The lowest BCUT2D eigenvalue weighted by molar-refractivity contribution is 0.276. The highest BCUT2D eigenvalue weighted by molar-refractivity contribution is 7.89. The summed E-state index contributed by atoms with van der Waals surface area (Å²) in [6.07, 6.45) is 5.99. The molecule has 0 radical (unpaired) electrons. The number of benzene rings is 4. The van der Waals surface area contributed by atoms with Crippen molar-refractivity contribution in [3.63, 3.8) is 0 Å². The molecule has 6 rings (SSSR count). The van der Waals surface area contributed by atoms with Crippen LogP contribution in [-0.4, -0.2) is 110 Å². The van der Waals surface area contributed by atoms with Crippen molar-refractivity contribution < 1.29 is 40.9 Å². The van der Waals surface area contributed by atoms with Crippen molar-refractivity contribution in [3.8, 4) is 23.0 Å². The third-order valence-electron chi connectivity index (χ3n) is 9.66. The second-order valence-electron chi connectivity index (χ2n) is 14.4. The molecule has 0 spiro atoms. The van der Waals surface area contributed by atoms with Gasteiger partial charge in [-0.1, -0.05) is 48.5 Å². The lowest BCUT2D eigenvalue weighted by Crippen LogP contribution is -2.30. The van der Waals surface area contributed by atoms with Crippen LogP contribution in [0.4, 0.5) is 0 Å². The number of aromatic nitrogens is 4. The topological polar surface area (TPSA) is 171 Å². The van der Waals surface area contributed by atoms with E-state index in [2.05, 4.69) is 9.97 Å². The van der Waals surface area contributed by atoms with Crippen LogP contribution < -0.4 is 18.9 Å². The second kappa shape index (κ2) is 22.4. The summed E-state index contributed by atoms with van der Waals surface area (Å²) in [5.41, 5.74) is 3.36. The molecule has 62 heavy (non-hydrogen) atoms. The molecule has 0 aliphatic carbocycles. The van der Waals surface area contributed by atoms with Gasteiger partial charge in [0, 0.05) is 58.2 Å². The minimum absolute atomic E-state index is 0.0401. The van der Waals surface area contributed by atoms with Crippen molar-refractivity contribution in [2.45, 2.75) is 49.3 Å². The Morgan fingerprint density at radius 1 is 0.500 bits per heavy atom. The number of ether oxygens (including phenoxy) is 4. The van der Waals surface area contributed by atoms with Gasteiger partial charge in [0.2, 0.25) is 0 Å². The van der Waals surface area contributed by atoms with Crippen LogP contribution in [-0.2, 0) is 59.3 Å². The molecule has 2 aromatic heterocycles.